The van der Waals surface area contributed by atoms with Crippen LogP contribution in [0, 0.1) is 17.8 Å². The van der Waals surface area contributed by atoms with Crippen molar-refractivity contribution in [3.63, 3.8) is 0 Å². The van der Waals surface area contributed by atoms with Crippen LogP contribution in [0.2, 0.25) is 0 Å². The first-order chi connectivity index (χ1) is 13.3. The Morgan fingerprint density at radius 2 is 1.56 bits per heavy atom. The van der Waals surface area contributed by atoms with Crippen molar-refractivity contribution in [1.29, 1.82) is 0 Å². The minimum atomic E-state index is 0.824. The van der Waals surface area contributed by atoms with E-state index in [1.165, 1.54) is 77.1 Å². The van der Waals surface area contributed by atoms with Crippen LogP contribution in [0.1, 0.15) is 31.2 Å². The second-order valence-corrected chi connectivity index (χ2v) is 9.37. The minimum absolute atomic E-state index is 0.824. The molecule has 2 aliphatic carbocycles. The van der Waals surface area contributed by atoms with Crippen molar-refractivity contribution in [3.8, 4) is 0 Å². The lowest BCUT2D eigenvalue weighted by atomic mass is 9.93. The quantitative estimate of drug-likeness (QED) is 0.740. The maximum Gasteiger partial charge on any atom is 0.0233 e. The number of allylic oxidation sites excluding steroid dienone is 2. The predicted molar refractivity (Wildman–Crippen MR) is 112 cm³/mol. The summed E-state index contributed by atoms with van der Waals surface area (Å²) in [6, 6.07) is 11.8. The third-order valence-corrected chi connectivity index (χ3v) is 7.64. The van der Waals surface area contributed by atoms with Gasteiger partial charge < -0.3 is 4.90 Å². The second-order valence-electron chi connectivity index (χ2n) is 9.37. The van der Waals surface area contributed by atoms with Gasteiger partial charge in [-0.05, 0) is 62.1 Å². The molecule has 0 spiro atoms. The van der Waals surface area contributed by atoms with Crippen molar-refractivity contribution in [2.75, 3.05) is 45.8 Å². The molecule has 27 heavy (non-hydrogen) atoms. The van der Waals surface area contributed by atoms with Gasteiger partial charge in [0, 0.05) is 45.3 Å². The molecular formula is C24H35N3. The van der Waals surface area contributed by atoms with Crippen molar-refractivity contribution in [2.45, 2.75) is 38.3 Å². The smallest absolute Gasteiger partial charge is 0.0233 e. The van der Waals surface area contributed by atoms with Gasteiger partial charge in [0.2, 0.25) is 0 Å². The summed E-state index contributed by atoms with van der Waals surface area (Å²) in [7, 11) is 0. The molecule has 3 fully saturated rings. The summed E-state index contributed by atoms with van der Waals surface area (Å²) < 4.78 is 0. The monoisotopic (exact) mass is 365 g/mol. The molecule has 1 aromatic rings. The summed E-state index contributed by atoms with van der Waals surface area (Å²) in [5.74, 6) is 2.78. The Hall–Kier alpha value is -1.16. The Balaban J connectivity index is 1.04. The van der Waals surface area contributed by atoms with E-state index in [9.17, 15) is 0 Å². The molecule has 1 saturated carbocycles. The molecular weight excluding hydrogens is 330 g/mol. The second kappa shape index (κ2) is 8.06. The first-order valence-corrected chi connectivity index (χ1v) is 11.2. The molecule has 5 rings (SSSR count). The van der Waals surface area contributed by atoms with Crippen molar-refractivity contribution < 1.29 is 0 Å². The van der Waals surface area contributed by atoms with Gasteiger partial charge in [0.25, 0.3) is 0 Å². The number of hydrogen-bond donors (Lipinski definition) is 0. The largest absolute Gasteiger partial charge is 0.300 e. The van der Waals surface area contributed by atoms with Crippen LogP contribution in [-0.4, -0.2) is 66.6 Å². The third-order valence-electron chi connectivity index (χ3n) is 7.64. The van der Waals surface area contributed by atoms with E-state index < -0.39 is 0 Å². The molecule has 4 aliphatic rings. The lowest BCUT2D eigenvalue weighted by Crippen LogP contribution is -2.53. The minimum Gasteiger partial charge on any atom is -0.300 e. The number of piperidine rings is 1. The molecule has 3 heteroatoms. The summed E-state index contributed by atoms with van der Waals surface area (Å²) in [6.45, 7) is 10.2. The van der Waals surface area contributed by atoms with Crippen molar-refractivity contribution in [3.05, 3.63) is 48.0 Å². The Morgan fingerprint density at radius 3 is 2.22 bits per heavy atom. The van der Waals surface area contributed by atoms with Crippen LogP contribution in [0.3, 0.4) is 0 Å². The zero-order valence-corrected chi connectivity index (χ0v) is 16.7. The molecule has 146 valence electrons. The zero-order valence-electron chi connectivity index (χ0n) is 16.7. The average molecular weight is 366 g/mol. The number of nitrogens with zero attached hydrogens (tertiary/aromatic N) is 3. The van der Waals surface area contributed by atoms with Crippen molar-refractivity contribution >= 4 is 0 Å². The Kier molecular flexibility index (Phi) is 5.35. The van der Waals surface area contributed by atoms with Gasteiger partial charge in [0.15, 0.2) is 0 Å². The van der Waals surface area contributed by atoms with Crippen LogP contribution in [0.25, 0.3) is 0 Å². The molecule has 3 nitrogen and oxygen atoms in total. The summed E-state index contributed by atoms with van der Waals surface area (Å²) in [5.41, 5.74) is 1.46. The van der Waals surface area contributed by atoms with E-state index in [0.717, 1.165) is 30.3 Å². The standard InChI is InChI=1S/C24H35N3/c1-2-4-20(5-3-1)18-25-10-8-24(9-11-25)27-14-12-26(13-15-27)19-23-17-21-6-7-22(23)16-21/h1-7,21-24H,8-19H2/t21-,22+,23-/m1/s1. The summed E-state index contributed by atoms with van der Waals surface area (Å²) in [4.78, 5) is 8.21. The number of likely N-dealkylation sites (tertiary alicyclic amines) is 1. The van der Waals surface area contributed by atoms with Crippen LogP contribution in [0.5, 0.6) is 0 Å². The maximum atomic E-state index is 2.80. The number of piperazine rings is 1. The molecule has 0 N–H and O–H groups in total. The zero-order chi connectivity index (χ0) is 18.1. The fourth-order valence-electron chi connectivity index (χ4n) is 6.03. The topological polar surface area (TPSA) is 9.72 Å². The molecule has 2 aliphatic heterocycles. The fraction of sp³-hybridized carbons (Fsp3) is 0.667. The Labute approximate surface area is 165 Å². The highest BCUT2D eigenvalue weighted by molar-refractivity contribution is 5.14. The first kappa shape index (κ1) is 17.9. The van der Waals surface area contributed by atoms with Crippen LogP contribution >= 0.6 is 0 Å². The van der Waals surface area contributed by atoms with E-state index in [0.29, 0.717) is 0 Å². The fourth-order valence-corrected chi connectivity index (χ4v) is 6.03. The van der Waals surface area contributed by atoms with Gasteiger partial charge >= 0.3 is 0 Å². The van der Waals surface area contributed by atoms with Gasteiger partial charge in [-0.25, -0.2) is 0 Å². The Bertz CT molecular complexity index is 626. The number of hydrogen-bond acceptors (Lipinski definition) is 3. The molecule has 0 radical (unpaired) electrons. The summed E-state index contributed by atoms with van der Waals surface area (Å²) in [5, 5.41) is 0. The lowest BCUT2D eigenvalue weighted by molar-refractivity contribution is 0.0505. The van der Waals surface area contributed by atoms with Crippen LogP contribution < -0.4 is 0 Å². The van der Waals surface area contributed by atoms with Crippen LogP contribution in [0.4, 0.5) is 0 Å². The normalized spacial score (nSPS) is 33.1. The first-order valence-electron chi connectivity index (χ1n) is 11.2. The molecule has 0 amide bonds. The van der Waals surface area contributed by atoms with Gasteiger partial charge in [0.05, 0.1) is 0 Å². The molecule has 3 atom stereocenters. The molecule has 1 aromatic carbocycles. The van der Waals surface area contributed by atoms with Crippen LogP contribution in [0.15, 0.2) is 42.5 Å². The average Bonchev–Trinajstić information content (AvgIpc) is 3.33. The number of fused-ring (bicyclic) bond motifs is 2. The maximum absolute atomic E-state index is 2.80. The molecule has 0 unspecified atom stereocenters. The molecule has 2 saturated heterocycles. The van der Waals surface area contributed by atoms with Gasteiger partial charge in [0.1, 0.15) is 0 Å². The van der Waals surface area contributed by atoms with Gasteiger partial charge in [-0.2, -0.15) is 0 Å². The van der Waals surface area contributed by atoms with Crippen molar-refractivity contribution in [2.24, 2.45) is 17.8 Å². The van der Waals surface area contributed by atoms with Gasteiger partial charge in [-0.15, -0.1) is 0 Å². The Morgan fingerprint density at radius 1 is 0.778 bits per heavy atom. The number of benzene rings is 1. The number of rotatable bonds is 5. The lowest BCUT2D eigenvalue weighted by Gasteiger charge is -2.43. The highest BCUT2D eigenvalue weighted by Gasteiger charge is 2.37. The van der Waals surface area contributed by atoms with E-state index in [2.05, 4.69) is 57.2 Å². The SMILES string of the molecule is C1=C[C@H]2C[C@@H]1C[C@@H]2CN1CCN(C2CCN(Cc3ccccc3)CC2)CC1. The van der Waals surface area contributed by atoms with E-state index in [1.807, 2.05) is 0 Å². The van der Waals surface area contributed by atoms with Crippen molar-refractivity contribution in [1.82, 2.24) is 14.7 Å². The van der Waals surface area contributed by atoms with E-state index in [-0.39, 0.29) is 0 Å². The van der Waals surface area contributed by atoms with E-state index >= 15 is 0 Å². The van der Waals surface area contributed by atoms with Gasteiger partial charge in [-0.1, -0.05) is 42.5 Å². The van der Waals surface area contributed by atoms with Crippen LogP contribution in [-0.2, 0) is 6.54 Å². The third kappa shape index (κ3) is 4.16. The predicted octanol–water partition coefficient (Wildman–Crippen LogP) is 3.48. The molecule has 2 bridgehead atoms. The summed E-state index contributed by atoms with van der Waals surface area (Å²) in [6.07, 6.45) is 10.6. The van der Waals surface area contributed by atoms with E-state index in [4.69, 9.17) is 0 Å². The molecule has 0 aromatic heterocycles. The highest BCUT2D eigenvalue weighted by atomic mass is 15.3. The van der Waals surface area contributed by atoms with Gasteiger partial charge in [-0.3, -0.25) is 9.80 Å². The van der Waals surface area contributed by atoms with E-state index in [1.54, 1.807) is 0 Å². The highest BCUT2D eigenvalue weighted by Crippen LogP contribution is 2.43. The summed E-state index contributed by atoms with van der Waals surface area (Å²) >= 11 is 0. The molecule has 2 heterocycles.